The van der Waals surface area contributed by atoms with Crippen molar-refractivity contribution >= 4 is 17.6 Å². The maximum Gasteiger partial charge on any atom is 0.310 e. The SMILES string of the molecule is C[C@H](OC(=O)CCOc1ccccc1)C(=O)Nc1cccc(C#N)c1. The van der Waals surface area contributed by atoms with Crippen LogP contribution in [0.5, 0.6) is 5.75 Å². The van der Waals surface area contributed by atoms with Gasteiger partial charge in [0.25, 0.3) is 5.91 Å². The monoisotopic (exact) mass is 338 g/mol. The summed E-state index contributed by atoms with van der Waals surface area (Å²) in [6, 6.07) is 17.6. The van der Waals surface area contributed by atoms with Crippen molar-refractivity contribution in [2.75, 3.05) is 11.9 Å². The van der Waals surface area contributed by atoms with Crippen molar-refractivity contribution < 1.29 is 19.1 Å². The van der Waals surface area contributed by atoms with Crippen molar-refractivity contribution in [3.63, 3.8) is 0 Å². The molecule has 0 radical (unpaired) electrons. The van der Waals surface area contributed by atoms with Gasteiger partial charge in [0.2, 0.25) is 0 Å². The van der Waals surface area contributed by atoms with Gasteiger partial charge in [-0.25, -0.2) is 0 Å². The molecule has 0 saturated heterocycles. The number of rotatable bonds is 7. The lowest BCUT2D eigenvalue weighted by molar-refractivity contribution is -0.153. The predicted octanol–water partition coefficient (Wildman–Crippen LogP) is 2.90. The molecule has 0 aliphatic carbocycles. The largest absolute Gasteiger partial charge is 0.493 e. The molecule has 0 fully saturated rings. The topological polar surface area (TPSA) is 88.4 Å². The number of benzene rings is 2. The first-order valence-electron chi connectivity index (χ1n) is 7.77. The molecular weight excluding hydrogens is 320 g/mol. The minimum atomic E-state index is -0.949. The highest BCUT2D eigenvalue weighted by Gasteiger charge is 2.18. The number of nitrogens with one attached hydrogen (secondary N) is 1. The lowest BCUT2D eigenvalue weighted by Crippen LogP contribution is -2.30. The highest BCUT2D eigenvalue weighted by molar-refractivity contribution is 5.95. The summed E-state index contributed by atoms with van der Waals surface area (Å²) < 4.78 is 10.5. The second kappa shape index (κ2) is 9.08. The summed E-state index contributed by atoms with van der Waals surface area (Å²) in [6.45, 7) is 1.65. The summed E-state index contributed by atoms with van der Waals surface area (Å²) >= 11 is 0. The first kappa shape index (κ1) is 18.0. The molecule has 2 aromatic carbocycles. The Morgan fingerprint density at radius 2 is 1.92 bits per heavy atom. The Morgan fingerprint density at radius 3 is 2.64 bits per heavy atom. The molecule has 1 amide bonds. The van der Waals surface area contributed by atoms with Crippen LogP contribution in [0, 0.1) is 11.3 Å². The number of carbonyl (C=O) groups excluding carboxylic acids is 2. The second-order valence-corrected chi connectivity index (χ2v) is 5.23. The quantitative estimate of drug-likeness (QED) is 0.784. The van der Waals surface area contributed by atoms with Crippen molar-refractivity contribution in [2.45, 2.75) is 19.4 Å². The van der Waals surface area contributed by atoms with E-state index >= 15 is 0 Å². The Morgan fingerprint density at radius 1 is 1.16 bits per heavy atom. The normalized spacial score (nSPS) is 11.0. The van der Waals surface area contributed by atoms with Gasteiger partial charge in [-0.3, -0.25) is 9.59 Å². The predicted molar refractivity (Wildman–Crippen MR) is 91.9 cm³/mol. The van der Waals surface area contributed by atoms with Crippen molar-refractivity contribution in [2.24, 2.45) is 0 Å². The average Bonchev–Trinajstić information content (AvgIpc) is 2.62. The number of amides is 1. The molecule has 0 heterocycles. The molecule has 1 N–H and O–H groups in total. The van der Waals surface area contributed by atoms with Crippen LogP contribution in [-0.2, 0) is 14.3 Å². The number of nitriles is 1. The fourth-order valence-electron chi connectivity index (χ4n) is 1.99. The molecule has 0 aromatic heterocycles. The molecule has 2 rings (SSSR count). The molecule has 25 heavy (non-hydrogen) atoms. The minimum absolute atomic E-state index is 0.0381. The molecule has 6 heteroatoms. The van der Waals surface area contributed by atoms with Gasteiger partial charge in [0.15, 0.2) is 6.10 Å². The van der Waals surface area contributed by atoms with Gasteiger partial charge in [0.05, 0.1) is 24.7 Å². The lowest BCUT2D eigenvalue weighted by atomic mass is 10.2. The van der Waals surface area contributed by atoms with E-state index in [1.807, 2.05) is 24.3 Å². The first-order valence-corrected chi connectivity index (χ1v) is 7.77. The van der Waals surface area contributed by atoms with Crippen LogP contribution in [0.4, 0.5) is 5.69 Å². The summed E-state index contributed by atoms with van der Waals surface area (Å²) in [5.74, 6) is -0.324. The third-order valence-corrected chi connectivity index (χ3v) is 3.25. The average molecular weight is 338 g/mol. The number of hydrogen-bond acceptors (Lipinski definition) is 5. The summed E-state index contributed by atoms with van der Waals surface area (Å²) in [7, 11) is 0. The van der Waals surface area contributed by atoms with Gasteiger partial charge >= 0.3 is 5.97 Å². The van der Waals surface area contributed by atoms with E-state index in [1.54, 1.807) is 36.4 Å². The molecule has 0 aliphatic rings. The Labute approximate surface area is 146 Å². The number of ether oxygens (including phenoxy) is 2. The minimum Gasteiger partial charge on any atom is -0.493 e. The first-order chi connectivity index (χ1) is 12.1. The van der Waals surface area contributed by atoms with Gasteiger partial charge in [0.1, 0.15) is 5.75 Å². The number of esters is 1. The van der Waals surface area contributed by atoms with E-state index in [4.69, 9.17) is 14.7 Å². The molecule has 0 bridgehead atoms. The number of nitrogens with zero attached hydrogens (tertiary/aromatic N) is 1. The van der Waals surface area contributed by atoms with Gasteiger partial charge < -0.3 is 14.8 Å². The molecule has 0 unspecified atom stereocenters. The third kappa shape index (κ3) is 5.99. The van der Waals surface area contributed by atoms with Crippen LogP contribution in [0.3, 0.4) is 0 Å². The van der Waals surface area contributed by atoms with Crippen LogP contribution < -0.4 is 10.1 Å². The zero-order valence-corrected chi connectivity index (χ0v) is 13.8. The molecule has 0 aliphatic heterocycles. The summed E-state index contributed by atoms with van der Waals surface area (Å²) in [6.07, 6.45) is -0.911. The van der Waals surface area contributed by atoms with E-state index in [0.717, 1.165) is 0 Å². The molecule has 6 nitrogen and oxygen atoms in total. The van der Waals surface area contributed by atoms with Crippen LogP contribution in [0.25, 0.3) is 0 Å². The van der Waals surface area contributed by atoms with E-state index in [0.29, 0.717) is 17.0 Å². The Kier molecular flexibility index (Phi) is 6.55. The van der Waals surface area contributed by atoms with Crippen LogP contribution in [-0.4, -0.2) is 24.6 Å². The zero-order valence-electron chi connectivity index (χ0n) is 13.8. The molecule has 0 spiro atoms. The van der Waals surface area contributed by atoms with E-state index in [9.17, 15) is 9.59 Å². The van der Waals surface area contributed by atoms with Gasteiger partial charge in [-0.05, 0) is 37.3 Å². The summed E-state index contributed by atoms with van der Waals surface area (Å²) in [5, 5.41) is 11.5. The molecule has 2 aromatic rings. The molecule has 128 valence electrons. The zero-order chi connectivity index (χ0) is 18.1. The maximum atomic E-state index is 12.0. The van der Waals surface area contributed by atoms with Gasteiger partial charge in [-0.15, -0.1) is 0 Å². The van der Waals surface area contributed by atoms with E-state index < -0.39 is 18.0 Å². The van der Waals surface area contributed by atoms with Crippen molar-refractivity contribution in [1.82, 2.24) is 0 Å². The molecule has 1 atom stereocenters. The highest BCUT2D eigenvalue weighted by atomic mass is 16.5. The van der Waals surface area contributed by atoms with E-state index in [2.05, 4.69) is 5.32 Å². The van der Waals surface area contributed by atoms with Gasteiger partial charge in [-0.1, -0.05) is 24.3 Å². The standard InChI is InChI=1S/C19H18N2O4/c1-14(19(23)21-16-7-5-6-15(12-16)13-20)25-18(22)10-11-24-17-8-3-2-4-9-17/h2-9,12,14H,10-11H2,1H3,(H,21,23)/t14-/m0/s1. The maximum absolute atomic E-state index is 12.0. The summed E-state index contributed by atoms with van der Waals surface area (Å²) in [4.78, 5) is 23.8. The third-order valence-electron chi connectivity index (χ3n) is 3.25. The number of hydrogen-bond donors (Lipinski definition) is 1. The van der Waals surface area contributed by atoms with Crippen LogP contribution in [0.2, 0.25) is 0 Å². The number of para-hydroxylation sites is 1. The number of anilines is 1. The van der Waals surface area contributed by atoms with Crippen molar-refractivity contribution in [3.8, 4) is 11.8 Å². The van der Waals surface area contributed by atoms with Crippen molar-refractivity contribution in [3.05, 3.63) is 60.2 Å². The number of carbonyl (C=O) groups is 2. The lowest BCUT2D eigenvalue weighted by Gasteiger charge is -2.14. The fourth-order valence-corrected chi connectivity index (χ4v) is 1.99. The van der Waals surface area contributed by atoms with E-state index in [1.165, 1.54) is 6.92 Å². The Bertz CT molecular complexity index is 768. The Hall–Kier alpha value is -3.33. The second-order valence-electron chi connectivity index (χ2n) is 5.23. The highest BCUT2D eigenvalue weighted by Crippen LogP contribution is 2.11. The van der Waals surface area contributed by atoms with Crippen molar-refractivity contribution in [1.29, 1.82) is 5.26 Å². The van der Waals surface area contributed by atoms with Crippen LogP contribution in [0.15, 0.2) is 54.6 Å². The summed E-state index contributed by atoms with van der Waals surface area (Å²) in [5.41, 5.74) is 0.903. The van der Waals surface area contributed by atoms with E-state index in [-0.39, 0.29) is 13.0 Å². The molecule has 0 saturated carbocycles. The Balaban J connectivity index is 1.76. The molecular formula is C19H18N2O4. The van der Waals surface area contributed by atoms with Crippen LogP contribution in [0.1, 0.15) is 18.9 Å². The van der Waals surface area contributed by atoms with Gasteiger partial charge in [0, 0.05) is 5.69 Å². The smallest absolute Gasteiger partial charge is 0.310 e. The van der Waals surface area contributed by atoms with Gasteiger partial charge in [-0.2, -0.15) is 5.26 Å². The van der Waals surface area contributed by atoms with Crippen LogP contribution >= 0.6 is 0 Å². The fraction of sp³-hybridized carbons (Fsp3) is 0.211.